The molecule has 12 aromatic rings. The lowest BCUT2D eigenvalue weighted by atomic mass is 9.67. The highest BCUT2D eigenvalue weighted by molar-refractivity contribution is 6.10. The maximum Gasteiger partial charge on any atom is 0.164 e. The molecule has 3 heterocycles. The highest BCUT2D eigenvalue weighted by Crippen LogP contribution is 2.59. The van der Waals surface area contributed by atoms with Gasteiger partial charge >= 0.3 is 0 Å². The molecule has 5 heteroatoms. The first-order chi connectivity index (χ1) is 33.7. The predicted molar refractivity (Wildman–Crippen MR) is 276 cm³/mol. The molecule has 0 N–H and O–H groups in total. The highest BCUT2D eigenvalue weighted by Gasteiger charge is 2.47. The van der Waals surface area contributed by atoms with E-state index in [2.05, 4.69) is 222 Å². The quantitative estimate of drug-likeness (QED) is 0.153. The molecule has 13 rings (SSSR count). The second-order valence-corrected chi connectivity index (χ2v) is 17.4. The van der Waals surface area contributed by atoms with Gasteiger partial charge in [0.15, 0.2) is 17.5 Å². The largest absolute Gasteiger partial charge is 0.309 e. The van der Waals surface area contributed by atoms with Crippen molar-refractivity contribution >= 4 is 21.8 Å². The Hall–Kier alpha value is -9.06. The fourth-order valence-electron chi connectivity index (χ4n) is 10.6. The zero-order valence-electron chi connectivity index (χ0n) is 36.9. The molecule has 318 valence electrons. The molecule has 9 aromatic carbocycles. The van der Waals surface area contributed by atoms with Crippen molar-refractivity contribution in [1.82, 2.24) is 24.5 Å². The normalized spacial score (nSPS) is 12.5. The fourth-order valence-corrected chi connectivity index (χ4v) is 10.6. The van der Waals surface area contributed by atoms with Crippen LogP contribution in [0.15, 0.2) is 249 Å². The van der Waals surface area contributed by atoms with E-state index in [0.717, 1.165) is 55.8 Å². The third-order valence-corrected chi connectivity index (χ3v) is 13.6. The summed E-state index contributed by atoms with van der Waals surface area (Å²) in [6.45, 7) is 0. The van der Waals surface area contributed by atoms with E-state index < -0.39 is 5.41 Å². The molecule has 0 amide bonds. The van der Waals surface area contributed by atoms with Crippen molar-refractivity contribution in [2.45, 2.75) is 5.41 Å². The lowest BCUT2D eigenvalue weighted by Gasteiger charge is -2.34. The smallest absolute Gasteiger partial charge is 0.164 e. The number of para-hydroxylation sites is 2. The summed E-state index contributed by atoms with van der Waals surface area (Å²) in [4.78, 5) is 20.3. The van der Waals surface area contributed by atoms with Gasteiger partial charge in [-0.25, -0.2) is 15.0 Å². The zero-order valence-corrected chi connectivity index (χ0v) is 36.9. The predicted octanol–water partition coefficient (Wildman–Crippen LogP) is 15.1. The van der Waals surface area contributed by atoms with Crippen molar-refractivity contribution in [1.29, 1.82) is 0 Å². The molecule has 0 spiro atoms. The van der Waals surface area contributed by atoms with E-state index in [1.54, 1.807) is 6.20 Å². The molecule has 68 heavy (non-hydrogen) atoms. The van der Waals surface area contributed by atoms with Gasteiger partial charge in [0, 0.05) is 51.1 Å². The molecule has 0 unspecified atom stereocenters. The van der Waals surface area contributed by atoms with Crippen molar-refractivity contribution in [3.63, 3.8) is 0 Å². The molecule has 0 aliphatic heterocycles. The van der Waals surface area contributed by atoms with Crippen LogP contribution in [0.5, 0.6) is 0 Å². The Labute approximate surface area is 394 Å². The zero-order chi connectivity index (χ0) is 45.0. The van der Waals surface area contributed by atoms with Crippen LogP contribution in [0.4, 0.5) is 0 Å². The van der Waals surface area contributed by atoms with Crippen LogP contribution in [-0.4, -0.2) is 24.5 Å². The van der Waals surface area contributed by atoms with Gasteiger partial charge < -0.3 is 4.57 Å². The van der Waals surface area contributed by atoms with E-state index in [9.17, 15) is 0 Å². The van der Waals surface area contributed by atoms with E-state index in [4.69, 9.17) is 15.0 Å². The van der Waals surface area contributed by atoms with Crippen LogP contribution < -0.4 is 0 Å². The topological polar surface area (TPSA) is 56.5 Å². The Morgan fingerprint density at radius 3 is 1.66 bits per heavy atom. The Morgan fingerprint density at radius 2 is 0.912 bits per heavy atom. The lowest BCUT2D eigenvalue weighted by Crippen LogP contribution is -2.28. The molecule has 0 radical (unpaired) electrons. The summed E-state index contributed by atoms with van der Waals surface area (Å²) >= 11 is 0. The number of aromatic nitrogens is 5. The van der Waals surface area contributed by atoms with E-state index in [1.165, 1.54) is 44.1 Å². The van der Waals surface area contributed by atoms with Crippen molar-refractivity contribution < 1.29 is 0 Å². The van der Waals surface area contributed by atoms with E-state index in [0.29, 0.717) is 17.5 Å². The standard InChI is InChI=1S/C63H41N5/c1-5-18-42(19-6-1)60-65-61(46-21-15-20-43(38-46)47-22-17-37-64-41-47)67-62(66-60)53-30-16-31-55-59(53)52-35-33-45(40-56(52)63(55,48-23-7-2-8-24-48)49-25-9-3-10-26-49)44-34-36-58-54(39-44)51-29-13-14-32-57(51)68(58)50-27-11-4-12-28-50/h1-41H. The van der Waals surface area contributed by atoms with Crippen LogP contribution in [0.1, 0.15) is 22.3 Å². The van der Waals surface area contributed by atoms with Gasteiger partial charge in [0.2, 0.25) is 0 Å². The monoisotopic (exact) mass is 867 g/mol. The first-order valence-electron chi connectivity index (χ1n) is 23.0. The second kappa shape index (κ2) is 16.1. The summed E-state index contributed by atoms with van der Waals surface area (Å²) in [5.74, 6) is 1.83. The second-order valence-electron chi connectivity index (χ2n) is 17.4. The summed E-state index contributed by atoms with van der Waals surface area (Å²) in [5.41, 5.74) is 17.0. The van der Waals surface area contributed by atoms with Crippen LogP contribution in [0.25, 0.3) is 95.0 Å². The third-order valence-electron chi connectivity index (χ3n) is 13.6. The maximum atomic E-state index is 5.38. The molecule has 0 atom stereocenters. The number of fused-ring (bicyclic) bond motifs is 6. The SMILES string of the molecule is c1ccc(-c2nc(-c3cccc(-c4cccnc4)c3)nc(-c3cccc4c3-c3ccc(-c5ccc6c(c5)c5ccccc5n6-c5ccccc5)cc3C4(c3ccccc3)c3ccccc3)n2)cc1. The molecule has 0 bridgehead atoms. The number of benzene rings is 9. The number of pyridine rings is 1. The Kier molecular flexibility index (Phi) is 9.32. The minimum Gasteiger partial charge on any atom is -0.309 e. The van der Waals surface area contributed by atoms with Crippen LogP contribution in [0.2, 0.25) is 0 Å². The molecular weight excluding hydrogens is 827 g/mol. The van der Waals surface area contributed by atoms with E-state index in [-0.39, 0.29) is 0 Å². The van der Waals surface area contributed by atoms with Crippen LogP contribution >= 0.6 is 0 Å². The molecule has 5 nitrogen and oxygen atoms in total. The van der Waals surface area contributed by atoms with Crippen molar-refractivity contribution in [3.8, 4) is 73.2 Å². The molecule has 0 saturated heterocycles. The van der Waals surface area contributed by atoms with Crippen LogP contribution in [0.3, 0.4) is 0 Å². The summed E-state index contributed by atoms with van der Waals surface area (Å²) in [6.07, 6.45) is 3.68. The summed E-state index contributed by atoms with van der Waals surface area (Å²) in [6, 6.07) is 84.6. The van der Waals surface area contributed by atoms with Crippen molar-refractivity contribution in [2.24, 2.45) is 0 Å². The van der Waals surface area contributed by atoms with Gasteiger partial charge in [0.1, 0.15) is 0 Å². The Morgan fingerprint density at radius 1 is 0.338 bits per heavy atom. The molecular formula is C63H41N5. The molecule has 1 aliphatic rings. The van der Waals surface area contributed by atoms with E-state index >= 15 is 0 Å². The van der Waals surface area contributed by atoms with Gasteiger partial charge in [-0.3, -0.25) is 4.98 Å². The van der Waals surface area contributed by atoms with Gasteiger partial charge in [0.25, 0.3) is 0 Å². The number of nitrogens with zero attached hydrogens (tertiary/aromatic N) is 5. The maximum absolute atomic E-state index is 5.38. The number of hydrogen-bond acceptors (Lipinski definition) is 4. The summed E-state index contributed by atoms with van der Waals surface area (Å²) in [5, 5.41) is 2.45. The molecule has 0 saturated carbocycles. The number of hydrogen-bond donors (Lipinski definition) is 0. The minimum absolute atomic E-state index is 0.604. The molecule has 3 aromatic heterocycles. The van der Waals surface area contributed by atoms with Gasteiger partial charge in [-0.1, -0.05) is 188 Å². The van der Waals surface area contributed by atoms with Crippen LogP contribution in [-0.2, 0) is 5.41 Å². The average molecular weight is 868 g/mol. The van der Waals surface area contributed by atoms with Crippen molar-refractivity contribution in [2.75, 3.05) is 0 Å². The fraction of sp³-hybridized carbons (Fsp3) is 0.0159. The molecule has 1 aliphatic carbocycles. The first-order valence-corrected chi connectivity index (χ1v) is 23.0. The van der Waals surface area contributed by atoms with Crippen molar-refractivity contribution in [3.05, 3.63) is 271 Å². The summed E-state index contributed by atoms with van der Waals surface area (Å²) in [7, 11) is 0. The summed E-state index contributed by atoms with van der Waals surface area (Å²) < 4.78 is 2.37. The minimum atomic E-state index is -0.664. The Bertz CT molecular complexity index is 3790. The van der Waals surface area contributed by atoms with Gasteiger partial charge in [-0.2, -0.15) is 0 Å². The van der Waals surface area contributed by atoms with Gasteiger partial charge in [0.05, 0.1) is 16.4 Å². The lowest BCUT2D eigenvalue weighted by molar-refractivity contribution is 0.769. The highest BCUT2D eigenvalue weighted by atomic mass is 15.0. The first kappa shape index (κ1) is 39.3. The number of rotatable bonds is 8. The van der Waals surface area contributed by atoms with Crippen LogP contribution in [0, 0.1) is 0 Å². The average Bonchev–Trinajstić information content (AvgIpc) is 3.92. The van der Waals surface area contributed by atoms with E-state index in [1.807, 2.05) is 30.5 Å². The van der Waals surface area contributed by atoms with Gasteiger partial charge in [-0.15, -0.1) is 0 Å². The third kappa shape index (κ3) is 6.32. The Balaban J connectivity index is 1.05. The molecule has 0 fully saturated rings. The van der Waals surface area contributed by atoms with Gasteiger partial charge in [-0.05, 0) is 98.6 Å².